The molecule has 0 unspecified atom stereocenters. The van der Waals surface area contributed by atoms with Crippen molar-refractivity contribution in [1.29, 1.82) is 0 Å². The van der Waals surface area contributed by atoms with Gasteiger partial charge >= 0.3 is 0 Å². The Morgan fingerprint density at radius 2 is 2.00 bits per heavy atom. The molecule has 0 heterocycles. The molecule has 2 rings (SSSR count). The zero-order valence-corrected chi connectivity index (χ0v) is 8.20. The van der Waals surface area contributed by atoms with Crippen LogP contribution in [0.2, 0.25) is 0 Å². The molecule has 0 amide bonds. The van der Waals surface area contributed by atoms with Crippen molar-refractivity contribution in [2.45, 2.75) is 12.8 Å². The minimum Gasteiger partial charge on any atom is -0.493 e. The second-order valence-electron chi connectivity index (χ2n) is 3.98. The Balaban J connectivity index is 1.83. The monoisotopic (exact) mass is 192 g/mol. The summed E-state index contributed by atoms with van der Waals surface area (Å²) in [5.41, 5.74) is 3.02. The lowest BCUT2D eigenvalue weighted by Gasteiger charge is -2.15. The molecule has 3 heteroatoms. The van der Waals surface area contributed by atoms with Crippen LogP contribution in [0, 0.1) is 5.41 Å². The standard InChI is InChI=1S/C11H16N2O/c12-13-8-11(6-7-11)9-14-10-4-2-1-3-5-10/h1-5,13H,6-9,12H2. The van der Waals surface area contributed by atoms with Gasteiger partial charge in [0.25, 0.3) is 0 Å². The Kier molecular flexibility index (Phi) is 2.70. The zero-order valence-electron chi connectivity index (χ0n) is 8.20. The van der Waals surface area contributed by atoms with Crippen LogP contribution in [0.1, 0.15) is 12.8 Å². The van der Waals surface area contributed by atoms with Gasteiger partial charge in [0.1, 0.15) is 5.75 Å². The van der Waals surface area contributed by atoms with Crippen LogP contribution in [0.5, 0.6) is 5.75 Å². The molecule has 76 valence electrons. The Labute approximate surface area is 84.2 Å². The van der Waals surface area contributed by atoms with Gasteiger partial charge < -0.3 is 4.74 Å². The maximum Gasteiger partial charge on any atom is 0.119 e. The second kappa shape index (κ2) is 3.98. The van der Waals surface area contributed by atoms with Gasteiger partial charge in [-0.25, -0.2) is 0 Å². The summed E-state index contributed by atoms with van der Waals surface area (Å²) < 4.78 is 5.69. The van der Waals surface area contributed by atoms with Gasteiger partial charge in [0.05, 0.1) is 6.61 Å². The van der Waals surface area contributed by atoms with E-state index in [1.807, 2.05) is 30.3 Å². The fraction of sp³-hybridized carbons (Fsp3) is 0.455. The van der Waals surface area contributed by atoms with Crippen molar-refractivity contribution in [3.05, 3.63) is 30.3 Å². The van der Waals surface area contributed by atoms with E-state index in [9.17, 15) is 0 Å². The molecule has 0 atom stereocenters. The van der Waals surface area contributed by atoms with Crippen molar-refractivity contribution in [2.24, 2.45) is 11.3 Å². The lowest BCUT2D eigenvalue weighted by Crippen LogP contribution is -2.33. The predicted molar refractivity (Wildman–Crippen MR) is 55.8 cm³/mol. The van der Waals surface area contributed by atoms with Crippen molar-refractivity contribution in [3.8, 4) is 5.75 Å². The SMILES string of the molecule is NNCC1(COc2ccccc2)CC1. The summed E-state index contributed by atoms with van der Waals surface area (Å²) in [6.07, 6.45) is 2.42. The molecule has 1 saturated carbocycles. The summed E-state index contributed by atoms with van der Waals surface area (Å²) in [5.74, 6) is 6.26. The summed E-state index contributed by atoms with van der Waals surface area (Å²) in [6, 6.07) is 9.91. The molecule has 0 saturated heterocycles. The van der Waals surface area contributed by atoms with Crippen LogP contribution in [-0.2, 0) is 0 Å². The van der Waals surface area contributed by atoms with Crippen LogP contribution in [-0.4, -0.2) is 13.2 Å². The van der Waals surface area contributed by atoms with Crippen molar-refractivity contribution in [1.82, 2.24) is 5.43 Å². The van der Waals surface area contributed by atoms with Gasteiger partial charge in [-0.3, -0.25) is 11.3 Å². The number of hydrogen-bond donors (Lipinski definition) is 2. The first-order chi connectivity index (χ1) is 6.85. The topological polar surface area (TPSA) is 47.3 Å². The van der Waals surface area contributed by atoms with Gasteiger partial charge in [0.15, 0.2) is 0 Å². The average molecular weight is 192 g/mol. The van der Waals surface area contributed by atoms with Crippen LogP contribution in [0.3, 0.4) is 0 Å². The summed E-state index contributed by atoms with van der Waals surface area (Å²) >= 11 is 0. The van der Waals surface area contributed by atoms with Crippen LogP contribution >= 0.6 is 0 Å². The molecule has 0 spiro atoms. The van der Waals surface area contributed by atoms with Gasteiger partial charge in [0, 0.05) is 12.0 Å². The number of rotatable bonds is 5. The second-order valence-corrected chi connectivity index (χ2v) is 3.98. The van der Waals surface area contributed by atoms with Crippen LogP contribution in [0.25, 0.3) is 0 Å². The van der Waals surface area contributed by atoms with Crippen LogP contribution in [0.4, 0.5) is 0 Å². The largest absolute Gasteiger partial charge is 0.493 e. The third-order valence-electron chi connectivity index (χ3n) is 2.72. The highest BCUT2D eigenvalue weighted by molar-refractivity contribution is 5.21. The zero-order chi connectivity index (χ0) is 9.86. The van der Waals surface area contributed by atoms with Gasteiger partial charge in [-0.2, -0.15) is 0 Å². The normalized spacial score (nSPS) is 17.8. The molecular weight excluding hydrogens is 176 g/mol. The molecule has 0 radical (unpaired) electrons. The van der Waals surface area contributed by atoms with E-state index < -0.39 is 0 Å². The predicted octanol–water partition coefficient (Wildman–Crippen LogP) is 1.31. The van der Waals surface area contributed by atoms with E-state index in [0.717, 1.165) is 18.9 Å². The van der Waals surface area contributed by atoms with Crippen molar-refractivity contribution < 1.29 is 4.74 Å². The van der Waals surface area contributed by atoms with Gasteiger partial charge in [0.2, 0.25) is 0 Å². The van der Waals surface area contributed by atoms with E-state index in [1.54, 1.807) is 0 Å². The first-order valence-electron chi connectivity index (χ1n) is 4.96. The number of nitrogens with two attached hydrogens (primary N) is 1. The number of ether oxygens (including phenoxy) is 1. The average Bonchev–Trinajstić information content (AvgIpc) is 2.98. The molecule has 1 aromatic carbocycles. The number of benzene rings is 1. The Morgan fingerprint density at radius 1 is 1.29 bits per heavy atom. The summed E-state index contributed by atoms with van der Waals surface area (Å²) in [6.45, 7) is 1.61. The Bertz CT molecular complexity index is 283. The maximum absolute atomic E-state index is 5.69. The number of hydrogen-bond acceptors (Lipinski definition) is 3. The Morgan fingerprint density at radius 3 is 2.57 bits per heavy atom. The van der Waals surface area contributed by atoms with E-state index in [-0.39, 0.29) is 0 Å². The van der Waals surface area contributed by atoms with Gasteiger partial charge in [-0.05, 0) is 25.0 Å². The van der Waals surface area contributed by atoms with Crippen molar-refractivity contribution >= 4 is 0 Å². The first kappa shape index (κ1) is 9.49. The van der Waals surface area contributed by atoms with E-state index >= 15 is 0 Å². The molecule has 3 nitrogen and oxygen atoms in total. The van der Waals surface area contributed by atoms with Gasteiger partial charge in [-0.1, -0.05) is 18.2 Å². The number of nitrogens with one attached hydrogen (secondary N) is 1. The highest BCUT2D eigenvalue weighted by Crippen LogP contribution is 2.45. The third-order valence-corrected chi connectivity index (χ3v) is 2.72. The smallest absolute Gasteiger partial charge is 0.119 e. The molecule has 1 aliphatic carbocycles. The fourth-order valence-electron chi connectivity index (χ4n) is 1.52. The van der Waals surface area contributed by atoms with Crippen LogP contribution in [0.15, 0.2) is 30.3 Å². The van der Waals surface area contributed by atoms with E-state index in [2.05, 4.69) is 5.43 Å². The molecule has 1 fully saturated rings. The van der Waals surface area contributed by atoms with Crippen molar-refractivity contribution in [3.63, 3.8) is 0 Å². The van der Waals surface area contributed by atoms with E-state index in [1.165, 1.54) is 12.8 Å². The lowest BCUT2D eigenvalue weighted by molar-refractivity contribution is 0.230. The highest BCUT2D eigenvalue weighted by Gasteiger charge is 2.42. The minimum absolute atomic E-state index is 0.296. The lowest BCUT2D eigenvalue weighted by atomic mass is 10.1. The molecule has 14 heavy (non-hydrogen) atoms. The summed E-state index contributed by atoms with van der Waals surface area (Å²) in [5, 5.41) is 0. The summed E-state index contributed by atoms with van der Waals surface area (Å²) in [7, 11) is 0. The van der Waals surface area contributed by atoms with Crippen LogP contribution < -0.4 is 16.0 Å². The summed E-state index contributed by atoms with van der Waals surface area (Å²) in [4.78, 5) is 0. The maximum atomic E-state index is 5.69. The molecular formula is C11H16N2O. The van der Waals surface area contributed by atoms with Gasteiger partial charge in [-0.15, -0.1) is 0 Å². The molecule has 1 aliphatic rings. The van der Waals surface area contributed by atoms with E-state index in [4.69, 9.17) is 10.6 Å². The molecule has 3 N–H and O–H groups in total. The molecule has 0 bridgehead atoms. The molecule has 0 aromatic heterocycles. The fourth-order valence-corrected chi connectivity index (χ4v) is 1.52. The molecule has 1 aromatic rings. The quantitative estimate of drug-likeness (QED) is 0.546. The van der Waals surface area contributed by atoms with Crippen molar-refractivity contribution in [2.75, 3.05) is 13.2 Å². The van der Waals surface area contributed by atoms with E-state index in [0.29, 0.717) is 5.41 Å². The third kappa shape index (κ3) is 2.25. The number of para-hydroxylation sites is 1. The first-order valence-corrected chi connectivity index (χ1v) is 4.96. The number of hydrazine groups is 1. The minimum atomic E-state index is 0.296. The Hall–Kier alpha value is -1.06. The highest BCUT2D eigenvalue weighted by atomic mass is 16.5. The molecule has 0 aliphatic heterocycles.